The van der Waals surface area contributed by atoms with Crippen LogP contribution in [-0.4, -0.2) is 30.9 Å². The van der Waals surface area contributed by atoms with Crippen molar-refractivity contribution in [2.75, 3.05) is 6.54 Å². The molecule has 1 rings (SSSR count). The number of nitrogens with one attached hydrogen (secondary N) is 1. The van der Waals surface area contributed by atoms with Crippen molar-refractivity contribution < 1.29 is 9.90 Å². The lowest BCUT2D eigenvalue weighted by Crippen LogP contribution is -2.44. The van der Waals surface area contributed by atoms with E-state index in [9.17, 15) is 15.2 Å². The second kappa shape index (κ2) is 7.31. The lowest BCUT2D eigenvalue weighted by atomic mass is 9.49. The van der Waals surface area contributed by atoms with Crippen molar-refractivity contribution in [1.82, 2.24) is 5.32 Å². The standard InChI is InChI=1S/C20H37BN2O2/c1-9-18(7,13-22)17(5,6)11-20(16(25)23-10-15(4)24)12-19(20,8)21-14(2)3/h14-15,21,24H,9-12H2,1-8H3,(H,23,25). The summed E-state index contributed by atoms with van der Waals surface area (Å²) in [4.78, 5) is 13.1. The Bertz CT molecular complexity index is 540. The van der Waals surface area contributed by atoms with Gasteiger partial charge in [-0.3, -0.25) is 4.79 Å². The van der Waals surface area contributed by atoms with Gasteiger partial charge in [0.25, 0.3) is 0 Å². The molecule has 1 aliphatic rings. The van der Waals surface area contributed by atoms with Gasteiger partial charge >= 0.3 is 0 Å². The summed E-state index contributed by atoms with van der Waals surface area (Å²) >= 11 is 0. The Morgan fingerprint density at radius 1 is 1.36 bits per heavy atom. The number of aliphatic hydroxyl groups is 1. The summed E-state index contributed by atoms with van der Waals surface area (Å²) in [5, 5.41) is 22.2. The zero-order valence-electron chi connectivity index (χ0n) is 17.5. The van der Waals surface area contributed by atoms with Crippen molar-refractivity contribution in [3.8, 4) is 6.07 Å². The molecule has 0 aromatic rings. The Balaban J connectivity index is 3.15. The highest BCUT2D eigenvalue weighted by Crippen LogP contribution is 2.75. The first kappa shape index (κ1) is 22.0. The molecular formula is C20H37BN2O2. The maximum absolute atomic E-state index is 13.1. The number of nitrogens with zero attached hydrogens (tertiary/aromatic N) is 1. The number of rotatable bonds is 9. The minimum absolute atomic E-state index is 0.0364. The van der Waals surface area contributed by atoms with Gasteiger partial charge < -0.3 is 10.4 Å². The van der Waals surface area contributed by atoms with Gasteiger partial charge in [0.05, 0.1) is 17.6 Å². The Hall–Kier alpha value is -1.02. The first-order valence-electron chi connectivity index (χ1n) is 9.67. The molecule has 0 aromatic heterocycles. The molecule has 25 heavy (non-hydrogen) atoms. The first-order valence-corrected chi connectivity index (χ1v) is 9.67. The second-order valence-electron chi connectivity index (χ2n) is 9.83. The minimum Gasteiger partial charge on any atom is -0.392 e. The molecule has 1 aliphatic carbocycles. The smallest absolute Gasteiger partial charge is 0.226 e. The quantitative estimate of drug-likeness (QED) is 0.625. The Morgan fingerprint density at radius 3 is 2.32 bits per heavy atom. The lowest BCUT2D eigenvalue weighted by molar-refractivity contribution is -0.129. The summed E-state index contributed by atoms with van der Waals surface area (Å²) in [6, 6.07) is 2.50. The van der Waals surface area contributed by atoms with Crippen LogP contribution in [0.4, 0.5) is 0 Å². The highest BCUT2D eigenvalue weighted by atomic mass is 16.3. The van der Waals surface area contributed by atoms with Crippen LogP contribution in [0.1, 0.15) is 74.7 Å². The Kier molecular flexibility index (Phi) is 6.44. The Labute approximate surface area is 155 Å². The molecule has 142 valence electrons. The summed E-state index contributed by atoms with van der Waals surface area (Å²) < 4.78 is 0. The molecule has 4 unspecified atom stereocenters. The van der Waals surface area contributed by atoms with E-state index in [1.807, 2.05) is 13.8 Å². The van der Waals surface area contributed by atoms with E-state index in [4.69, 9.17) is 0 Å². The number of amides is 1. The van der Waals surface area contributed by atoms with Gasteiger partial charge in [0.2, 0.25) is 5.91 Å². The van der Waals surface area contributed by atoms with E-state index in [-0.39, 0.29) is 23.2 Å². The highest BCUT2D eigenvalue weighted by molar-refractivity contribution is 6.45. The number of carbonyl (C=O) groups is 1. The van der Waals surface area contributed by atoms with E-state index in [1.54, 1.807) is 6.92 Å². The zero-order valence-corrected chi connectivity index (χ0v) is 17.5. The molecule has 0 aliphatic heterocycles. The molecule has 1 saturated carbocycles. The fraction of sp³-hybridized carbons (Fsp3) is 0.900. The summed E-state index contributed by atoms with van der Waals surface area (Å²) in [5.74, 6) is 0.564. The monoisotopic (exact) mass is 348 g/mol. The summed E-state index contributed by atoms with van der Waals surface area (Å²) in [6.07, 6.45) is 1.78. The van der Waals surface area contributed by atoms with Gasteiger partial charge in [-0.1, -0.05) is 47.4 Å². The van der Waals surface area contributed by atoms with E-state index in [2.05, 4.69) is 46.0 Å². The number of carbonyl (C=O) groups excluding carboxylic acids is 1. The van der Waals surface area contributed by atoms with E-state index in [0.717, 1.165) is 20.1 Å². The predicted molar refractivity (Wildman–Crippen MR) is 105 cm³/mol. The van der Waals surface area contributed by atoms with Crippen molar-refractivity contribution >= 4 is 13.2 Å². The molecule has 0 bridgehead atoms. The van der Waals surface area contributed by atoms with Gasteiger partial charge in [0.15, 0.2) is 0 Å². The van der Waals surface area contributed by atoms with Crippen LogP contribution in [0, 0.1) is 27.6 Å². The third-order valence-electron chi connectivity index (χ3n) is 6.77. The number of hydrogen-bond acceptors (Lipinski definition) is 3. The summed E-state index contributed by atoms with van der Waals surface area (Å²) in [5.41, 5.74) is -1.18. The highest BCUT2D eigenvalue weighted by Gasteiger charge is 2.70. The maximum atomic E-state index is 13.1. The molecule has 4 nitrogen and oxygen atoms in total. The average molecular weight is 348 g/mol. The topological polar surface area (TPSA) is 73.1 Å². The first-order chi connectivity index (χ1) is 11.3. The molecule has 4 atom stereocenters. The third-order valence-corrected chi connectivity index (χ3v) is 6.77. The van der Waals surface area contributed by atoms with Crippen LogP contribution in [-0.2, 0) is 4.79 Å². The molecule has 1 amide bonds. The fourth-order valence-corrected chi connectivity index (χ4v) is 4.57. The van der Waals surface area contributed by atoms with Crippen LogP contribution >= 0.6 is 0 Å². The van der Waals surface area contributed by atoms with E-state index in [0.29, 0.717) is 12.2 Å². The van der Waals surface area contributed by atoms with E-state index < -0.39 is 16.9 Å². The lowest BCUT2D eigenvalue weighted by Gasteiger charge is -2.42. The van der Waals surface area contributed by atoms with Gasteiger partial charge in [-0.05, 0) is 43.8 Å². The van der Waals surface area contributed by atoms with Crippen LogP contribution in [0.15, 0.2) is 0 Å². The van der Waals surface area contributed by atoms with Crippen molar-refractivity contribution in [3.63, 3.8) is 0 Å². The second-order valence-corrected chi connectivity index (χ2v) is 9.83. The van der Waals surface area contributed by atoms with Gasteiger partial charge in [-0.25, -0.2) is 0 Å². The molecule has 5 heteroatoms. The molecule has 0 heterocycles. The van der Waals surface area contributed by atoms with Crippen molar-refractivity contribution in [2.45, 2.75) is 91.9 Å². The fourth-order valence-electron chi connectivity index (χ4n) is 4.57. The largest absolute Gasteiger partial charge is 0.392 e. The molecule has 2 N–H and O–H groups in total. The van der Waals surface area contributed by atoms with Crippen LogP contribution < -0.4 is 5.32 Å². The minimum atomic E-state index is -0.552. The van der Waals surface area contributed by atoms with Crippen LogP contribution in [0.2, 0.25) is 11.1 Å². The average Bonchev–Trinajstić information content (AvgIpc) is 3.06. The molecular weight excluding hydrogens is 311 g/mol. The van der Waals surface area contributed by atoms with Crippen molar-refractivity contribution in [3.05, 3.63) is 0 Å². The van der Waals surface area contributed by atoms with Gasteiger partial charge in [0.1, 0.15) is 7.28 Å². The third kappa shape index (κ3) is 4.22. The predicted octanol–water partition coefficient (Wildman–Crippen LogP) is 3.67. The molecule has 0 saturated heterocycles. The van der Waals surface area contributed by atoms with Gasteiger partial charge in [0, 0.05) is 12.0 Å². The molecule has 1 fully saturated rings. The number of aliphatic hydroxyl groups excluding tert-OH is 1. The SMILES string of the molecule is CCC(C)(C#N)C(C)(C)CC1(C(=O)NCC(C)O)CC1(C)BC(C)C. The molecule has 0 radical (unpaired) electrons. The van der Waals surface area contributed by atoms with Crippen LogP contribution in [0.3, 0.4) is 0 Å². The van der Waals surface area contributed by atoms with Gasteiger partial charge in [-0.2, -0.15) is 5.26 Å². The normalized spacial score (nSPS) is 29.5. The molecule has 0 aromatic carbocycles. The Morgan fingerprint density at radius 2 is 1.92 bits per heavy atom. The van der Waals surface area contributed by atoms with E-state index >= 15 is 0 Å². The molecule has 0 spiro atoms. The summed E-state index contributed by atoms with van der Waals surface area (Å²) in [7, 11) is 1.00. The van der Waals surface area contributed by atoms with Crippen molar-refractivity contribution in [2.24, 2.45) is 16.2 Å². The summed E-state index contributed by atoms with van der Waals surface area (Å²) in [6.45, 7) is 16.9. The van der Waals surface area contributed by atoms with Gasteiger partial charge in [-0.15, -0.1) is 0 Å². The number of nitriles is 1. The van der Waals surface area contributed by atoms with Crippen LogP contribution in [0.25, 0.3) is 0 Å². The maximum Gasteiger partial charge on any atom is 0.226 e. The number of hydrogen-bond donors (Lipinski definition) is 2. The van der Waals surface area contributed by atoms with E-state index in [1.165, 1.54) is 0 Å². The van der Waals surface area contributed by atoms with Crippen LogP contribution in [0.5, 0.6) is 0 Å². The zero-order chi connectivity index (χ0) is 19.7. The van der Waals surface area contributed by atoms with Crippen molar-refractivity contribution in [1.29, 1.82) is 5.26 Å².